The van der Waals surface area contributed by atoms with Crippen molar-refractivity contribution in [1.82, 2.24) is 9.62 Å². The lowest BCUT2D eigenvalue weighted by molar-refractivity contribution is 0.0137. The molecule has 0 spiro atoms. The maximum absolute atomic E-state index is 12.6. The molecule has 2 fully saturated rings. The summed E-state index contributed by atoms with van der Waals surface area (Å²) in [5.41, 5.74) is 0.128. The zero-order chi connectivity index (χ0) is 18.6. The van der Waals surface area contributed by atoms with E-state index in [9.17, 15) is 13.2 Å². The second-order valence-corrected chi connectivity index (χ2v) is 9.46. The molecule has 1 N–H and O–H groups in total. The van der Waals surface area contributed by atoms with Gasteiger partial charge in [-0.05, 0) is 36.4 Å². The van der Waals surface area contributed by atoms with Crippen molar-refractivity contribution in [1.29, 1.82) is 0 Å². The molecule has 144 valence electrons. The number of hydrogen-bond acceptors (Lipinski definition) is 6. The van der Waals surface area contributed by atoms with Gasteiger partial charge in [0.1, 0.15) is 0 Å². The van der Waals surface area contributed by atoms with Crippen LogP contribution < -0.4 is 5.32 Å². The van der Waals surface area contributed by atoms with E-state index in [1.807, 2.05) is 11.8 Å². The topological polar surface area (TPSA) is 84.9 Å². The highest BCUT2D eigenvalue weighted by Gasteiger charge is 2.34. The molecule has 0 bridgehead atoms. The van der Waals surface area contributed by atoms with Crippen LogP contribution in [0.3, 0.4) is 0 Å². The number of thioether (sulfide) groups is 1. The number of methoxy groups -OCH3 is 1. The molecule has 0 radical (unpaired) electrons. The van der Waals surface area contributed by atoms with E-state index in [1.165, 1.54) is 16.4 Å². The molecule has 0 saturated carbocycles. The van der Waals surface area contributed by atoms with Crippen LogP contribution in [-0.4, -0.2) is 75.7 Å². The molecule has 9 heteroatoms. The summed E-state index contributed by atoms with van der Waals surface area (Å²) in [6.07, 6.45) is 0.908. The number of ether oxygens (including phenoxy) is 2. The monoisotopic (exact) mass is 400 g/mol. The number of nitrogens with zero attached hydrogens (tertiary/aromatic N) is 1. The van der Waals surface area contributed by atoms with Crippen LogP contribution in [0.4, 0.5) is 0 Å². The number of morpholine rings is 1. The number of carbonyl (C=O) groups excluding carboxylic acids is 1. The highest BCUT2D eigenvalue weighted by molar-refractivity contribution is 7.99. The van der Waals surface area contributed by atoms with Gasteiger partial charge in [-0.25, -0.2) is 8.42 Å². The molecule has 1 amide bonds. The van der Waals surface area contributed by atoms with Crippen LogP contribution in [0.5, 0.6) is 0 Å². The first kappa shape index (κ1) is 19.6. The molecule has 2 heterocycles. The zero-order valence-electron chi connectivity index (χ0n) is 14.8. The van der Waals surface area contributed by atoms with Gasteiger partial charge in [0, 0.05) is 38.1 Å². The molecule has 2 aliphatic heterocycles. The summed E-state index contributed by atoms with van der Waals surface area (Å²) in [5.74, 6) is 1.66. The van der Waals surface area contributed by atoms with Gasteiger partial charge in [0.25, 0.3) is 5.91 Å². The van der Waals surface area contributed by atoms with Crippen molar-refractivity contribution in [3.05, 3.63) is 29.8 Å². The third kappa shape index (κ3) is 4.23. The van der Waals surface area contributed by atoms with E-state index in [0.717, 1.165) is 17.9 Å². The predicted octanol–water partition coefficient (Wildman–Crippen LogP) is 0.959. The Bertz CT molecular complexity index is 724. The molecule has 7 nitrogen and oxygen atoms in total. The third-order valence-electron chi connectivity index (χ3n) is 4.80. The minimum atomic E-state index is -3.54. The van der Waals surface area contributed by atoms with Crippen molar-refractivity contribution in [3.63, 3.8) is 0 Å². The van der Waals surface area contributed by atoms with Gasteiger partial charge in [0.2, 0.25) is 10.0 Å². The average Bonchev–Trinajstić information content (AvgIpc) is 3.16. The molecule has 1 aromatic rings. The summed E-state index contributed by atoms with van der Waals surface area (Å²) >= 11 is 1.81. The van der Waals surface area contributed by atoms with Crippen LogP contribution in [0, 0.1) is 0 Å². The van der Waals surface area contributed by atoms with E-state index in [1.54, 1.807) is 19.2 Å². The second-order valence-electron chi connectivity index (χ2n) is 6.41. The Morgan fingerprint density at radius 2 is 2.00 bits per heavy atom. The third-order valence-corrected chi connectivity index (χ3v) is 7.93. The maximum Gasteiger partial charge on any atom is 0.251 e. The summed E-state index contributed by atoms with van der Waals surface area (Å²) in [4.78, 5) is 12.6. The SMILES string of the molecule is COC1(CNC(=O)c2ccc(S(=O)(=O)N3CCOCC3)cc2)CCSC1. The predicted molar refractivity (Wildman–Crippen MR) is 100 cm³/mol. The number of benzene rings is 1. The first-order chi connectivity index (χ1) is 12.5. The minimum absolute atomic E-state index is 0.191. The molecule has 3 rings (SSSR count). The van der Waals surface area contributed by atoms with Crippen LogP contribution in [0.15, 0.2) is 29.2 Å². The summed E-state index contributed by atoms with van der Waals surface area (Å²) in [7, 11) is -1.87. The molecule has 1 atom stereocenters. The average molecular weight is 401 g/mol. The summed E-state index contributed by atoms with van der Waals surface area (Å²) in [6, 6.07) is 6.06. The first-order valence-electron chi connectivity index (χ1n) is 8.56. The van der Waals surface area contributed by atoms with E-state index in [0.29, 0.717) is 38.4 Å². The second kappa shape index (κ2) is 8.26. The Labute approximate surface area is 158 Å². The summed E-state index contributed by atoms with van der Waals surface area (Å²) in [6.45, 7) is 1.95. The lowest BCUT2D eigenvalue weighted by Crippen LogP contribution is -2.44. The number of nitrogens with one attached hydrogen (secondary N) is 1. The number of amides is 1. The fourth-order valence-electron chi connectivity index (χ4n) is 3.02. The van der Waals surface area contributed by atoms with E-state index < -0.39 is 10.0 Å². The molecule has 2 saturated heterocycles. The van der Waals surface area contributed by atoms with E-state index in [2.05, 4.69) is 5.32 Å². The maximum atomic E-state index is 12.6. The first-order valence-corrected chi connectivity index (χ1v) is 11.2. The number of carbonyl (C=O) groups is 1. The van der Waals surface area contributed by atoms with Crippen molar-refractivity contribution < 1.29 is 22.7 Å². The normalized spacial score (nSPS) is 24.5. The largest absolute Gasteiger partial charge is 0.379 e. The van der Waals surface area contributed by atoms with E-state index in [-0.39, 0.29) is 16.4 Å². The van der Waals surface area contributed by atoms with Crippen LogP contribution in [0.1, 0.15) is 16.8 Å². The van der Waals surface area contributed by atoms with E-state index >= 15 is 0 Å². The van der Waals surface area contributed by atoms with Gasteiger partial charge in [0.05, 0.1) is 23.7 Å². The van der Waals surface area contributed by atoms with Gasteiger partial charge in [-0.2, -0.15) is 16.1 Å². The summed E-state index contributed by atoms with van der Waals surface area (Å²) in [5, 5.41) is 2.90. The Kier molecular flexibility index (Phi) is 6.24. The quantitative estimate of drug-likeness (QED) is 0.766. The van der Waals surface area contributed by atoms with Crippen molar-refractivity contribution in [2.45, 2.75) is 16.9 Å². The number of rotatable bonds is 6. The van der Waals surface area contributed by atoms with Gasteiger partial charge in [-0.15, -0.1) is 0 Å². The standard InChI is InChI=1S/C17H24N2O5S2/c1-23-17(6-11-25-13-17)12-18-16(20)14-2-4-15(5-3-14)26(21,22)19-7-9-24-10-8-19/h2-5H,6-13H2,1H3,(H,18,20). The van der Waals surface area contributed by atoms with Crippen LogP contribution >= 0.6 is 11.8 Å². The molecule has 1 aromatic carbocycles. The minimum Gasteiger partial charge on any atom is -0.379 e. The van der Waals surface area contributed by atoms with Crippen molar-refractivity contribution in [2.24, 2.45) is 0 Å². The lowest BCUT2D eigenvalue weighted by atomic mass is 10.0. The van der Waals surface area contributed by atoms with Gasteiger partial charge < -0.3 is 14.8 Å². The Hall–Kier alpha value is -1.13. The van der Waals surface area contributed by atoms with Crippen LogP contribution in [0.2, 0.25) is 0 Å². The van der Waals surface area contributed by atoms with Crippen molar-refractivity contribution >= 4 is 27.7 Å². The van der Waals surface area contributed by atoms with Gasteiger partial charge >= 0.3 is 0 Å². The Morgan fingerprint density at radius 3 is 2.58 bits per heavy atom. The Balaban J connectivity index is 1.64. The number of hydrogen-bond donors (Lipinski definition) is 1. The van der Waals surface area contributed by atoms with Gasteiger partial charge in [0.15, 0.2) is 0 Å². The fraction of sp³-hybridized carbons (Fsp3) is 0.588. The fourth-order valence-corrected chi connectivity index (χ4v) is 5.82. The summed E-state index contributed by atoms with van der Waals surface area (Å²) < 4.78 is 37.4. The molecule has 26 heavy (non-hydrogen) atoms. The smallest absolute Gasteiger partial charge is 0.251 e. The number of sulfonamides is 1. The molecule has 0 aromatic heterocycles. The Morgan fingerprint density at radius 1 is 1.31 bits per heavy atom. The highest BCUT2D eigenvalue weighted by atomic mass is 32.2. The van der Waals surface area contributed by atoms with E-state index in [4.69, 9.17) is 9.47 Å². The van der Waals surface area contributed by atoms with Crippen LogP contribution in [-0.2, 0) is 19.5 Å². The van der Waals surface area contributed by atoms with Gasteiger partial charge in [-0.1, -0.05) is 0 Å². The van der Waals surface area contributed by atoms with Crippen molar-refractivity contribution in [2.75, 3.05) is 51.5 Å². The molecule has 1 unspecified atom stereocenters. The van der Waals surface area contributed by atoms with Crippen LogP contribution in [0.25, 0.3) is 0 Å². The zero-order valence-corrected chi connectivity index (χ0v) is 16.4. The highest BCUT2D eigenvalue weighted by Crippen LogP contribution is 2.30. The molecular formula is C17H24N2O5S2. The molecule has 2 aliphatic rings. The van der Waals surface area contributed by atoms with Gasteiger partial charge in [-0.3, -0.25) is 4.79 Å². The van der Waals surface area contributed by atoms with Crippen molar-refractivity contribution in [3.8, 4) is 0 Å². The molecule has 0 aliphatic carbocycles. The molecular weight excluding hydrogens is 376 g/mol. The lowest BCUT2D eigenvalue weighted by Gasteiger charge is -2.27.